The Bertz CT molecular complexity index is 617. The van der Waals surface area contributed by atoms with E-state index >= 15 is 0 Å². The highest BCUT2D eigenvalue weighted by Crippen LogP contribution is 2.30. The number of halogens is 2. The smallest absolute Gasteiger partial charge is 0.257 e. The summed E-state index contributed by atoms with van der Waals surface area (Å²) in [5.41, 5.74) is 1.85. The van der Waals surface area contributed by atoms with Crippen LogP contribution in [-0.4, -0.2) is 23.3 Å². The lowest BCUT2D eigenvalue weighted by molar-refractivity contribution is 0.122. The Kier molecular flexibility index (Phi) is 3.76. The van der Waals surface area contributed by atoms with Crippen LogP contribution in [0.5, 0.6) is 5.75 Å². The van der Waals surface area contributed by atoms with Gasteiger partial charge in [-0.1, -0.05) is 0 Å². The Balaban J connectivity index is 2.36. The molecule has 0 spiro atoms. The van der Waals surface area contributed by atoms with E-state index in [9.17, 15) is 8.78 Å². The summed E-state index contributed by atoms with van der Waals surface area (Å²) in [6.07, 6.45) is 0.568. The van der Waals surface area contributed by atoms with Crippen molar-refractivity contribution in [3.05, 3.63) is 36.2 Å². The molecule has 0 radical (unpaired) electrons. The lowest BCUT2D eigenvalue weighted by Gasteiger charge is -2.06. The first-order valence-electron chi connectivity index (χ1n) is 5.53. The minimum Gasteiger partial charge on any atom is -0.496 e. The quantitative estimate of drug-likeness (QED) is 0.852. The minimum absolute atomic E-state index is 0.446. The van der Waals surface area contributed by atoms with Crippen LogP contribution in [0.4, 0.5) is 8.78 Å². The van der Waals surface area contributed by atoms with Crippen molar-refractivity contribution in [2.45, 2.75) is 13.0 Å². The summed E-state index contributed by atoms with van der Waals surface area (Å²) in [4.78, 5) is 0. The van der Waals surface area contributed by atoms with Crippen LogP contribution in [0.1, 0.15) is 5.56 Å². The fraction of sp³-hybridized carbons (Fsp3) is 0.231. The lowest BCUT2D eigenvalue weighted by atomic mass is 10.1. The van der Waals surface area contributed by atoms with Crippen molar-refractivity contribution in [2.24, 2.45) is 0 Å². The van der Waals surface area contributed by atoms with Crippen molar-refractivity contribution in [3.8, 4) is 22.9 Å². The summed E-state index contributed by atoms with van der Waals surface area (Å²) in [5, 5.41) is 12.7. The number of nitriles is 1. The van der Waals surface area contributed by atoms with Crippen LogP contribution in [0.25, 0.3) is 11.1 Å². The van der Waals surface area contributed by atoms with Gasteiger partial charge in [-0.05, 0) is 18.2 Å². The first kappa shape index (κ1) is 13.0. The molecular weight excluding hydrogens is 252 g/mol. The van der Waals surface area contributed by atoms with E-state index in [1.165, 1.54) is 24.2 Å². The van der Waals surface area contributed by atoms with Gasteiger partial charge in [-0.15, -0.1) is 0 Å². The fourth-order valence-electron chi connectivity index (χ4n) is 1.74. The lowest BCUT2D eigenvalue weighted by Crippen LogP contribution is -2.06. The Morgan fingerprint density at radius 1 is 1.47 bits per heavy atom. The fourth-order valence-corrected chi connectivity index (χ4v) is 1.74. The molecule has 1 aromatic carbocycles. The number of hydrogen-bond donors (Lipinski definition) is 0. The predicted octanol–water partition coefficient (Wildman–Crippen LogP) is 2.70. The van der Waals surface area contributed by atoms with Crippen LogP contribution in [0.3, 0.4) is 0 Å². The topological polar surface area (TPSA) is 50.8 Å². The van der Waals surface area contributed by atoms with E-state index in [1.807, 2.05) is 6.07 Å². The number of alkyl halides is 2. The SMILES string of the molecule is COc1cc(C#N)ccc1-c1cnn(CC(F)F)c1. The minimum atomic E-state index is -2.45. The molecule has 0 fully saturated rings. The molecule has 0 bridgehead atoms. The van der Waals surface area contributed by atoms with Crippen molar-refractivity contribution in [3.63, 3.8) is 0 Å². The molecule has 0 amide bonds. The Morgan fingerprint density at radius 3 is 2.89 bits per heavy atom. The number of hydrogen-bond acceptors (Lipinski definition) is 3. The van der Waals surface area contributed by atoms with Crippen molar-refractivity contribution >= 4 is 0 Å². The van der Waals surface area contributed by atoms with Gasteiger partial charge in [0.1, 0.15) is 12.3 Å². The summed E-state index contributed by atoms with van der Waals surface area (Å²) in [7, 11) is 1.49. The normalized spacial score (nSPS) is 10.5. The van der Waals surface area contributed by atoms with Gasteiger partial charge in [0.25, 0.3) is 6.43 Å². The molecule has 2 rings (SSSR count). The van der Waals surface area contributed by atoms with Gasteiger partial charge in [0.15, 0.2) is 0 Å². The number of ether oxygens (including phenoxy) is 1. The highest BCUT2D eigenvalue weighted by atomic mass is 19.3. The molecule has 6 heteroatoms. The van der Waals surface area contributed by atoms with Crippen LogP contribution < -0.4 is 4.74 Å². The summed E-state index contributed by atoms with van der Waals surface area (Å²) < 4.78 is 30.9. The molecule has 0 saturated carbocycles. The highest BCUT2D eigenvalue weighted by Gasteiger charge is 2.11. The second-order valence-electron chi connectivity index (χ2n) is 3.87. The molecule has 2 aromatic rings. The Morgan fingerprint density at radius 2 is 2.26 bits per heavy atom. The third-order valence-electron chi connectivity index (χ3n) is 2.60. The molecule has 4 nitrogen and oxygen atoms in total. The summed E-state index contributed by atoms with van der Waals surface area (Å²) in [5.74, 6) is 0.510. The molecule has 0 saturated heterocycles. The van der Waals surface area contributed by atoms with Gasteiger partial charge >= 0.3 is 0 Å². The molecule has 0 N–H and O–H groups in total. The monoisotopic (exact) mass is 263 g/mol. The molecule has 1 aromatic heterocycles. The van der Waals surface area contributed by atoms with Crippen molar-refractivity contribution in [2.75, 3.05) is 7.11 Å². The first-order chi connectivity index (χ1) is 9.13. The molecule has 0 atom stereocenters. The number of nitrogens with zero attached hydrogens (tertiary/aromatic N) is 3. The zero-order valence-corrected chi connectivity index (χ0v) is 10.2. The van der Waals surface area contributed by atoms with E-state index < -0.39 is 13.0 Å². The third-order valence-corrected chi connectivity index (χ3v) is 2.60. The second-order valence-corrected chi connectivity index (χ2v) is 3.87. The molecule has 98 valence electrons. The van der Waals surface area contributed by atoms with Crippen molar-refractivity contribution in [1.82, 2.24) is 9.78 Å². The van der Waals surface area contributed by atoms with Crippen molar-refractivity contribution < 1.29 is 13.5 Å². The van der Waals surface area contributed by atoms with Gasteiger partial charge in [0, 0.05) is 17.3 Å². The predicted molar refractivity (Wildman–Crippen MR) is 64.9 cm³/mol. The maximum Gasteiger partial charge on any atom is 0.257 e. The maximum atomic E-state index is 12.3. The second kappa shape index (κ2) is 5.48. The summed E-state index contributed by atoms with van der Waals surface area (Å²) >= 11 is 0. The van der Waals surface area contributed by atoms with Crippen LogP contribution in [-0.2, 0) is 6.54 Å². The first-order valence-corrected chi connectivity index (χ1v) is 5.53. The van der Waals surface area contributed by atoms with E-state index in [0.29, 0.717) is 22.4 Å². The average molecular weight is 263 g/mol. The van der Waals surface area contributed by atoms with E-state index in [-0.39, 0.29) is 0 Å². The Labute approximate surface area is 108 Å². The zero-order chi connectivity index (χ0) is 13.8. The van der Waals surface area contributed by atoms with Crippen molar-refractivity contribution in [1.29, 1.82) is 5.26 Å². The zero-order valence-electron chi connectivity index (χ0n) is 10.2. The largest absolute Gasteiger partial charge is 0.496 e. The molecular formula is C13H11F2N3O. The molecule has 0 aliphatic rings. The van der Waals surface area contributed by atoms with Crippen LogP contribution >= 0.6 is 0 Å². The van der Waals surface area contributed by atoms with Gasteiger partial charge in [-0.3, -0.25) is 4.68 Å². The van der Waals surface area contributed by atoms with Crippen LogP contribution in [0.2, 0.25) is 0 Å². The number of methoxy groups -OCH3 is 1. The molecule has 1 heterocycles. The van der Waals surface area contributed by atoms with E-state index in [1.54, 1.807) is 18.2 Å². The van der Waals surface area contributed by atoms with Gasteiger partial charge in [-0.2, -0.15) is 10.4 Å². The molecule has 0 aliphatic carbocycles. The molecule has 0 unspecified atom stereocenters. The average Bonchev–Trinajstić information content (AvgIpc) is 2.85. The summed E-state index contributed by atoms with van der Waals surface area (Å²) in [6, 6.07) is 6.96. The van der Waals surface area contributed by atoms with Crippen LogP contribution in [0.15, 0.2) is 30.6 Å². The third kappa shape index (κ3) is 2.88. The molecule has 0 aliphatic heterocycles. The summed E-state index contributed by atoms with van der Waals surface area (Å²) in [6.45, 7) is -0.446. The Hall–Kier alpha value is -2.42. The maximum absolute atomic E-state index is 12.3. The van der Waals surface area contributed by atoms with Gasteiger partial charge in [0.05, 0.1) is 24.9 Å². The van der Waals surface area contributed by atoms with Crippen LogP contribution in [0, 0.1) is 11.3 Å². The van der Waals surface area contributed by atoms with E-state index in [4.69, 9.17) is 10.00 Å². The van der Waals surface area contributed by atoms with E-state index in [2.05, 4.69) is 5.10 Å². The van der Waals surface area contributed by atoms with Gasteiger partial charge < -0.3 is 4.74 Å². The van der Waals surface area contributed by atoms with E-state index in [0.717, 1.165) is 0 Å². The number of benzene rings is 1. The number of rotatable bonds is 4. The van der Waals surface area contributed by atoms with Gasteiger partial charge in [0.2, 0.25) is 0 Å². The number of aromatic nitrogens is 2. The highest BCUT2D eigenvalue weighted by molar-refractivity contribution is 5.70. The van der Waals surface area contributed by atoms with Gasteiger partial charge in [-0.25, -0.2) is 8.78 Å². The molecule has 19 heavy (non-hydrogen) atoms. The standard InChI is InChI=1S/C13H11F2N3O/c1-19-12-4-9(5-16)2-3-11(12)10-6-17-18(7-10)8-13(14)15/h2-4,6-7,13H,8H2,1H3.